The van der Waals surface area contributed by atoms with E-state index in [0.29, 0.717) is 11.8 Å². The number of anilines is 1. The number of nitrogens with zero attached hydrogens (tertiary/aromatic N) is 3. The molecule has 0 unspecified atom stereocenters. The minimum Gasteiger partial charge on any atom is -0.481 e. The second-order valence-corrected chi connectivity index (χ2v) is 5.58. The molecule has 0 aliphatic heterocycles. The quantitative estimate of drug-likeness (QED) is 0.643. The number of hydrogen-bond acceptors (Lipinski definition) is 5. The molecule has 2 amide bonds. The van der Waals surface area contributed by atoms with Crippen LogP contribution in [0.2, 0.25) is 0 Å². The van der Waals surface area contributed by atoms with Crippen LogP contribution >= 0.6 is 0 Å². The molecule has 0 atom stereocenters. The lowest BCUT2D eigenvalue weighted by atomic mass is 10.3. The molecule has 2 N–H and O–H groups in total. The van der Waals surface area contributed by atoms with Crippen molar-refractivity contribution in [1.29, 1.82) is 0 Å². The Labute approximate surface area is 158 Å². The fourth-order valence-corrected chi connectivity index (χ4v) is 2.21. The van der Waals surface area contributed by atoms with Crippen molar-refractivity contribution in [2.75, 3.05) is 18.5 Å². The second-order valence-electron chi connectivity index (χ2n) is 5.58. The van der Waals surface area contributed by atoms with Crippen molar-refractivity contribution in [2.24, 2.45) is 0 Å². The zero-order chi connectivity index (χ0) is 19.9. The summed E-state index contributed by atoms with van der Waals surface area (Å²) >= 11 is 0. The molecule has 0 aliphatic carbocycles. The molecule has 3 aromatic rings. The molecular weight excluding hydrogens is 372 g/mol. The highest BCUT2D eigenvalue weighted by atomic mass is 19.1. The third kappa shape index (κ3) is 5.10. The number of hydrogen-bond donors (Lipinski definition) is 2. The van der Waals surface area contributed by atoms with E-state index in [1.807, 2.05) is 0 Å². The van der Waals surface area contributed by atoms with Gasteiger partial charge in [-0.15, -0.1) is 0 Å². The molecule has 0 spiro atoms. The van der Waals surface area contributed by atoms with Crippen molar-refractivity contribution in [3.05, 3.63) is 66.8 Å². The molecule has 0 aliphatic rings. The average Bonchev–Trinajstić information content (AvgIpc) is 3.21. The predicted octanol–water partition coefficient (Wildman–Crippen LogP) is 1.68. The number of halogens is 2. The summed E-state index contributed by atoms with van der Waals surface area (Å²) in [7, 11) is 0. The maximum absolute atomic E-state index is 13.4. The normalized spacial score (nSPS) is 10.4. The summed E-state index contributed by atoms with van der Waals surface area (Å²) in [5, 5.41) is 8.95. The van der Waals surface area contributed by atoms with Crippen LogP contribution in [0.15, 0.2) is 55.1 Å². The Balaban J connectivity index is 1.43. The Morgan fingerprint density at radius 3 is 2.54 bits per heavy atom. The van der Waals surface area contributed by atoms with E-state index in [1.54, 1.807) is 35.3 Å². The minimum absolute atomic E-state index is 0.256. The highest BCUT2D eigenvalue weighted by Gasteiger charge is 2.10. The first-order valence-corrected chi connectivity index (χ1v) is 8.11. The SMILES string of the molecule is O=C(COc1ccc(F)cc1F)NCC(=O)Nc1ccc(-n2cncn2)cc1. The molecule has 144 valence electrons. The van der Waals surface area contributed by atoms with Crippen molar-refractivity contribution in [3.63, 3.8) is 0 Å². The Hall–Kier alpha value is -3.82. The molecule has 10 heteroatoms. The van der Waals surface area contributed by atoms with Gasteiger partial charge in [0.2, 0.25) is 5.91 Å². The van der Waals surface area contributed by atoms with Gasteiger partial charge in [0.1, 0.15) is 18.5 Å². The van der Waals surface area contributed by atoms with Crippen molar-refractivity contribution in [3.8, 4) is 11.4 Å². The molecule has 0 saturated heterocycles. The third-order valence-electron chi connectivity index (χ3n) is 3.53. The first kappa shape index (κ1) is 19.0. The van der Waals surface area contributed by atoms with Gasteiger partial charge in [0.15, 0.2) is 18.2 Å². The van der Waals surface area contributed by atoms with E-state index < -0.39 is 30.1 Å². The van der Waals surface area contributed by atoms with Gasteiger partial charge in [0, 0.05) is 11.8 Å². The molecule has 28 heavy (non-hydrogen) atoms. The summed E-state index contributed by atoms with van der Waals surface area (Å²) in [6.45, 7) is -0.804. The van der Waals surface area contributed by atoms with E-state index in [4.69, 9.17) is 4.74 Å². The minimum atomic E-state index is -0.917. The van der Waals surface area contributed by atoms with Crippen molar-refractivity contribution in [1.82, 2.24) is 20.1 Å². The van der Waals surface area contributed by atoms with Crippen LogP contribution in [0.25, 0.3) is 5.69 Å². The van der Waals surface area contributed by atoms with Gasteiger partial charge in [0.05, 0.1) is 12.2 Å². The first-order chi connectivity index (χ1) is 13.5. The van der Waals surface area contributed by atoms with Crippen LogP contribution < -0.4 is 15.4 Å². The largest absolute Gasteiger partial charge is 0.481 e. The smallest absolute Gasteiger partial charge is 0.258 e. The van der Waals surface area contributed by atoms with Crippen LogP contribution in [0, 0.1) is 11.6 Å². The van der Waals surface area contributed by atoms with E-state index in [1.165, 1.54) is 6.33 Å². The third-order valence-corrected chi connectivity index (χ3v) is 3.53. The summed E-state index contributed by atoms with van der Waals surface area (Å²) in [6.07, 6.45) is 2.95. The fourth-order valence-electron chi connectivity index (χ4n) is 2.21. The lowest BCUT2D eigenvalue weighted by Gasteiger charge is -2.09. The van der Waals surface area contributed by atoms with Crippen LogP contribution in [-0.4, -0.2) is 39.7 Å². The van der Waals surface area contributed by atoms with Gasteiger partial charge in [-0.2, -0.15) is 5.10 Å². The van der Waals surface area contributed by atoms with Gasteiger partial charge in [-0.25, -0.2) is 18.4 Å². The van der Waals surface area contributed by atoms with Crippen molar-refractivity contribution in [2.45, 2.75) is 0 Å². The van der Waals surface area contributed by atoms with Gasteiger partial charge in [-0.05, 0) is 36.4 Å². The summed E-state index contributed by atoms with van der Waals surface area (Å²) in [5.74, 6) is -3.00. The van der Waals surface area contributed by atoms with Crippen LogP contribution in [-0.2, 0) is 9.59 Å². The number of rotatable bonds is 7. The molecule has 0 bridgehead atoms. The Kier molecular flexibility index (Phi) is 5.90. The molecule has 1 heterocycles. The molecule has 2 aromatic carbocycles. The zero-order valence-corrected chi connectivity index (χ0v) is 14.4. The summed E-state index contributed by atoms with van der Waals surface area (Å²) in [6, 6.07) is 9.58. The highest BCUT2D eigenvalue weighted by molar-refractivity contribution is 5.94. The van der Waals surface area contributed by atoms with E-state index in [-0.39, 0.29) is 12.3 Å². The number of ether oxygens (including phenoxy) is 1. The van der Waals surface area contributed by atoms with Gasteiger partial charge < -0.3 is 15.4 Å². The van der Waals surface area contributed by atoms with Crippen LogP contribution in [0.4, 0.5) is 14.5 Å². The number of aromatic nitrogens is 3. The Morgan fingerprint density at radius 1 is 1.07 bits per heavy atom. The maximum atomic E-state index is 13.4. The van der Waals surface area contributed by atoms with E-state index in [9.17, 15) is 18.4 Å². The van der Waals surface area contributed by atoms with Gasteiger partial charge in [-0.3, -0.25) is 9.59 Å². The standard InChI is InChI=1S/C18H15F2N5O3/c19-12-1-6-16(15(20)7-12)28-9-18(27)22-8-17(26)24-13-2-4-14(5-3-13)25-11-21-10-23-25/h1-7,10-11H,8-9H2,(H,22,27)(H,24,26). The molecule has 3 rings (SSSR count). The molecule has 1 aromatic heterocycles. The first-order valence-electron chi connectivity index (χ1n) is 8.11. The van der Waals surface area contributed by atoms with Gasteiger partial charge in [-0.1, -0.05) is 0 Å². The van der Waals surface area contributed by atoms with E-state index in [2.05, 4.69) is 20.7 Å². The van der Waals surface area contributed by atoms with Crippen LogP contribution in [0.3, 0.4) is 0 Å². The zero-order valence-electron chi connectivity index (χ0n) is 14.4. The lowest BCUT2D eigenvalue weighted by Crippen LogP contribution is -2.35. The summed E-state index contributed by atoms with van der Waals surface area (Å²) in [4.78, 5) is 27.4. The Bertz CT molecular complexity index is 962. The summed E-state index contributed by atoms with van der Waals surface area (Å²) < 4.78 is 32.7. The van der Waals surface area contributed by atoms with Crippen molar-refractivity contribution < 1.29 is 23.1 Å². The monoisotopic (exact) mass is 387 g/mol. The number of carbonyl (C=O) groups is 2. The molecule has 8 nitrogen and oxygen atoms in total. The number of benzene rings is 2. The predicted molar refractivity (Wildman–Crippen MR) is 94.9 cm³/mol. The van der Waals surface area contributed by atoms with E-state index >= 15 is 0 Å². The number of amides is 2. The van der Waals surface area contributed by atoms with Gasteiger partial charge >= 0.3 is 0 Å². The second kappa shape index (κ2) is 8.71. The lowest BCUT2D eigenvalue weighted by molar-refractivity contribution is -0.125. The number of nitrogens with one attached hydrogen (secondary N) is 2. The summed E-state index contributed by atoms with van der Waals surface area (Å²) in [5.41, 5.74) is 1.31. The maximum Gasteiger partial charge on any atom is 0.258 e. The highest BCUT2D eigenvalue weighted by Crippen LogP contribution is 2.17. The average molecular weight is 387 g/mol. The fraction of sp³-hybridized carbons (Fsp3) is 0.111. The van der Waals surface area contributed by atoms with Crippen LogP contribution in [0.5, 0.6) is 5.75 Å². The van der Waals surface area contributed by atoms with Gasteiger partial charge in [0.25, 0.3) is 5.91 Å². The molecule has 0 radical (unpaired) electrons. The van der Waals surface area contributed by atoms with Crippen LogP contribution in [0.1, 0.15) is 0 Å². The molecule has 0 saturated carbocycles. The molecule has 0 fully saturated rings. The van der Waals surface area contributed by atoms with E-state index in [0.717, 1.165) is 17.8 Å². The molecular formula is C18H15F2N5O3. The topological polar surface area (TPSA) is 98.1 Å². The van der Waals surface area contributed by atoms with Crippen molar-refractivity contribution >= 4 is 17.5 Å². The number of carbonyl (C=O) groups excluding carboxylic acids is 2. The Morgan fingerprint density at radius 2 is 1.86 bits per heavy atom.